The Balaban J connectivity index is 2.32. The molecule has 90 valence electrons. The lowest BCUT2D eigenvalue weighted by atomic mass is 9.79. The molecule has 0 bridgehead atoms. The number of hydrogen-bond donors (Lipinski definition) is 0. The van der Waals surface area contributed by atoms with Crippen LogP contribution in [0.15, 0.2) is 54.6 Å². The highest BCUT2D eigenvalue weighted by molar-refractivity contribution is 5.34. The van der Waals surface area contributed by atoms with Crippen molar-refractivity contribution in [1.29, 1.82) is 5.26 Å². The van der Waals surface area contributed by atoms with Gasteiger partial charge < -0.3 is 0 Å². The molecule has 0 aliphatic heterocycles. The van der Waals surface area contributed by atoms with Gasteiger partial charge in [-0.05, 0) is 36.6 Å². The van der Waals surface area contributed by atoms with Crippen molar-refractivity contribution in [2.75, 3.05) is 0 Å². The fourth-order valence-electron chi connectivity index (χ4n) is 2.03. The third-order valence-electron chi connectivity index (χ3n) is 3.13. The van der Waals surface area contributed by atoms with E-state index in [-0.39, 0.29) is 5.82 Å². The molecule has 0 N–H and O–H groups in total. The molecule has 1 unspecified atom stereocenters. The smallest absolute Gasteiger partial charge is 0.123 e. The molecule has 0 heterocycles. The highest BCUT2D eigenvalue weighted by Crippen LogP contribution is 2.27. The van der Waals surface area contributed by atoms with Gasteiger partial charge in [-0.3, -0.25) is 0 Å². The number of halogens is 1. The minimum Gasteiger partial charge on any atom is -0.207 e. The first kappa shape index (κ1) is 12.3. The maximum absolute atomic E-state index is 12.9. The lowest BCUT2D eigenvalue weighted by molar-refractivity contribution is 0.596. The van der Waals surface area contributed by atoms with Crippen molar-refractivity contribution in [1.82, 2.24) is 0 Å². The van der Waals surface area contributed by atoms with E-state index in [0.717, 1.165) is 11.1 Å². The van der Waals surface area contributed by atoms with E-state index in [9.17, 15) is 9.65 Å². The van der Waals surface area contributed by atoms with Gasteiger partial charge in [0.05, 0.1) is 11.5 Å². The van der Waals surface area contributed by atoms with Gasteiger partial charge in [0.1, 0.15) is 5.82 Å². The maximum atomic E-state index is 12.9. The normalized spacial score (nSPS) is 13.6. The zero-order chi connectivity index (χ0) is 13.0. The minimum absolute atomic E-state index is 0.279. The summed E-state index contributed by atoms with van der Waals surface area (Å²) in [6, 6.07) is 18.4. The summed E-state index contributed by atoms with van der Waals surface area (Å²) in [6.07, 6.45) is 0.621. The van der Waals surface area contributed by atoms with Crippen LogP contribution in [0.5, 0.6) is 0 Å². The molecule has 2 heteroatoms. The third-order valence-corrected chi connectivity index (χ3v) is 3.13. The van der Waals surface area contributed by atoms with Gasteiger partial charge in [0.25, 0.3) is 0 Å². The Kier molecular flexibility index (Phi) is 3.43. The highest BCUT2D eigenvalue weighted by Gasteiger charge is 2.26. The van der Waals surface area contributed by atoms with Gasteiger partial charge in [-0.2, -0.15) is 5.26 Å². The van der Waals surface area contributed by atoms with Crippen LogP contribution in [-0.2, 0) is 11.8 Å². The van der Waals surface area contributed by atoms with E-state index in [4.69, 9.17) is 0 Å². The molecule has 0 radical (unpaired) electrons. The van der Waals surface area contributed by atoms with E-state index in [1.54, 1.807) is 12.1 Å². The molecule has 1 nitrogen and oxygen atoms in total. The number of hydrogen-bond acceptors (Lipinski definition) is 1. The predicted octanol–water partition coefficient (Wildman–Crippen LogP) is 3.85. The van der Waals surface area contributed by atoms with Gasteiger partial charge in [0.15, 0.2) is 0 Å². The average Bonchev–Trinajstić information content (AvgIpc) is 2.40. The Morgan fingerprint density at radius 1 is 1.06 bits per heavy atom. The molecular weight excluding hydrogens is 225 g/mol. The summed E-state index contributed by atoms with van der Waals surface area (Å²) < 4.78 is 12.9. The standard InChI is InChI=1S/C16H14FN/c1-16(12-18,11-13-5-3-2-4-6-13)14-7-9-15(17)10-8-14/h2-10H,11H2,1H3. The van der Waals surface area contributed by atoms with Crippen LogP contribution in [0.2, 0.25) is 0 Å². The predicted molar refractivity (Wildman–Crippen MR) is 69.5 cm³/mol. The second-order valence-electron chi connectivity index (χ2n) is 4.61. The van der Waals surface area contributed by atoms with E-state index in [0.29, 0.717) is 6.42 Å². The molecule has 0 aliphatic carbocycles. The van der Waals surface area contributed by atoms with Crippen LogP contribution in [0.4, 0.5) is 4.39 Å². The molecule has 0 fully saturated rings. The molecule has 0 aliphatic rings. The SMILES string of the molecule is CC(C#N)(Cc1ccccc1)c1ccc(F)cc1. The quantitative estimate of drug-likeness (QED) is 0.798. The molecule has 1 atom stereocenters. The Bertz CT molecular complexity index is 554. The average molecular weight is 239 g/mol. The van der Waals surface area contributed by atoms with Crippen molar-refractivity contribution in [3.8, 4) is 6.07 Å². The van der Waals surface area contributed by atoms with E-state index in [2.05, 4.69) is 6.07 Å². The molecule has 0 saturated heterocycles. The lowest BCUT2D eigenvalue weighted by Crippen LogP contribution is -2.22. The number of nitrogens with zero attached hydrogens (tertiary/aromatic N) is 1. The maximum Gasteiger partial charge on any atom is 0.123 e. The highest BCUT2D eigenvalue weighted by atomic mass is 19.1. The lowest BCUT2D eigenvalue weighted by Gasteiger charge is -2.22. The minimum atomic E-state index is -0.630. The van der Waals surface area contributed by atoms with Crippen LogP contribution in [0.1, 0.15) is 18.1 Å². The molecule has 2 aromatic carbocycles. The topological polar surface area (TPSA) is 23.8 Å². The van der Waals surface area contributed by atoms with Crippen molar-refractivity contribution >= 4 is 0 Å². The van der Waals surface area contributed by atoms with E-state index < -0.39 is 5.41 Å². The third kappa shape index (κ3) is 2.57. The Morgan fingerprint density at radius 2 is 1.67 bits per heavy atom. The van der Waals surface area contributed by atoms with Crippen LogP contribution in [0.25, 0.3) is 0 Å². The van der Waals surface area contributed by atoms with Crippen LogP contribution in [0, 0.1) is 17.1 Å². The fourth-order valence-corrected chi connectivity index (χ4v) is 2.03. The second kappa shape index (κ2) is 5.01. The van der Waals surface area contributed by atoms with E-state index in [1.165, 1.54) is 12.1 Å². The zero-order valence-corrected chi connectivity index (χ0v) is 10.2. The molecule has 0 saturated carbocycles. The molecule has 18 heavy (non-hydrogen) atoms. The Morgan fingerprint density at radius 3 is 2.22 bits per heavy atom. The number of nitriles is 1. The van der Waals surface area contributed by atoms with Crippen molar-refractivity contribution in [3.63, 3.8) is 0 Å². The molecule has 2 rings (SSSR count). The van der Waals surface area contributed by atoms with Gasteiger partial charge in [-0.15, -0.1) is 0 Å². The largest absolute Gasteiger partial charge is 0.207 e. The fraction of sp³-hybridized carbons (Fsp3) is 0.188. The summed E-state index contributed by atoms with van der Waals surface area (Å²) >= 11 is 0. The van der Waals surface area contributed by atoms with Gasteiger partial charge >= 0.3 is 0 Å². The van der Waals surface area contributed by atoms with Gasteiger partial charge in [-0.1, -0.05) is 42.5 Å². The van der Waals surface area contributed by atoms with Gasteiger partial charge in [0, 0.05) is 0 Å². The molecule has 2 aromatic rings. The van der Waals surface area contributed by atoms with E-state index in [1.807, 2.05) is 37.3 Å². The summed E-state index contributed by atoms with van der Waals surface area (Å²) in [5.74, 6) is -0.279. The van der Waals surface area contributed by atoms with Crippen LogP contribution >= 0.6 is 0 Å². The van der Waals surface area contributed by atoms with Gasteiger partial charge in [-0.25, -0.2) is 4.39 Å². The van der Waals surface area contributed by atoms with Crippen LogP contribution in [-0.4, -0.2) is 0 Å². The van der Waals surface area contributed by atoms with Crippen molar-refractivity contribution in [2.24, 2.45) is 0 Å². The van der Waals surface area contributed by atoms with E-state index >= 15 is 0 Å². The Hall–Kier alpha value is -2.14. The zero-order valence-electron chi connectivity index (χ0n) is 10.2. The summed E-state index contributed by atoms with van der Waals surface area (Å²) in [4.78, 5) is 0. The van der Waals surface area contributed by atoms with Crippen molar-refractivity contribution in [3.05, 3.63) is 71.5 Å². The number of benzene rings is 2. The second-order valence-corrected chi connectivity index (χ2v) is 4.61. The van der Waals surface area contributed by atoms with Crippen LogP contribution < -0.4 is 0 Å². The first-order valence-corrected chi connectivity index (χ1v) is 5.85. The molecule has 0 spiro atoms. The molecule has 0 amide bonds. The van der Waals surface area contributed by atoms with Crippen LogP contribution in [0.3, 0.4) is 0 Å². The number of rotatable bonds is 3. The first-order valence-electron chi connectivity index (χ1n) is 5.85. The van der Waals surface area contributed by atoms with Crippen molar-refractivity contribution in [2.45, 2.75) is 18.8 Å². The Labute approximate surface area is 107 Å². The van der Waals surface area contributed by atoms with Gasteiger partial charge in [0.2, 0.25) is 0 Å². The summed E-state index contributed by atoms with van der Waals surface area (Å²) in [6.45, 7) is 1.88. The summed E-state index contributed by atoms with van der Waals surface area (Å²) in [5.41, 5.74) is 1.32. The molecular formula is C16H14FN. The summed E-state index contributed by atoms with van der Waals surface area (Å²) in [7, 11) is 0. The van der Waals surface area contributed by atoms with Crippen molar-refractivity contribution < 1.29 is 4.39 Å². The monoisotopic (exact) mass is 239 g/mol. The summed E-state index contributed by atoms with van der Waals surface area (Å²) in [5, 5.41) is 9.43. The first-order chi connectivity index (χ1) is 8.64. The molecule has 0 aromatic heterocycles.